The van der Waals surface area contributed by atoms with Crippen molar-refractivity contribution in [2.24, 2.45) is 0 Å². The summed E-state index contributed by atoms with van der Waals surface area (Å²) >= 11 is 0. The normalized spacial score (nSPS) is 16.7. The predicted molar refractivity (Wildman–Crippen MR) is 73.5 cm³/mol. The average molecular weight is 261 g/mol. The van der Waals surface area contributed by atoms with E-state index in [0.717, 1.165) is 31.9 Å². The molecule has 102 valence electrons. The standard InChI is InChI=1S/C14H19N3O2/c1-10(2)13-8-12(11(9-15)14(18)19-13)17-6-4-16(3)5-7-17/h8,10H,4-7H2,1-3H3. The third-order valence-corrected chi connectivity index (χ3v) is 3.47. The van der Waals surface area contributed by atoms with Crippen LogP contribution in [-0.2, 0) is 0 Å². The van der Waals surface area contributed by atoms with Crippen molar-refractivity contribution in [3.05, 3.63) is 27.8 Å². The zero-order chi connectivity index (χ0) is 14.0. The Labute approximate surface area is 113 Å². The lowest BCUT2D eigenvalue weighted by molar-refractivity contribution is 0.312. The molecule has 0 saturated carbocycles. The van der Waals surface area contributed by atoms with Gasteiger partial charge in [-0.3, -0.25) is 0 Å². The number of anilines is 1. The predicted octanol–water partition coefficient (Wildman–Crippen LogP) is 1.39. The lowest BCUT2D eigenvalue weighted by Gasteiger charge is -2.34. The number of rotatable bonds is 2. The van der Waals surface area contributed by atoms with E-state index in [0.29, 0.717) is 5.76 Å². The second-order valence-corrected chi connectivity index (χ2v) is 5.25. The zero-order valence-corrected chi connectivity index (χ0v) is 11.6. The number of nitrogens with zero attached hydrogens (tertiary/aromatic N) is 3. The van der Waals surface area contributed by atoms with Crippen molar-refractivity contribution in [3.8, 4) is 6.07 Å². The van der Waals surface area contributed by atoms with Crippen molar-refractivity contribution in [1.29, 1.82) is 5.26 Å². The van der Waals surface area contributed by atoms with Crippen LogP contribution >= 0.6 is 0 Å². The number of nitriles is 1. The molecule has 0 N–H and O–H groups in total. The Morgan fingerprint density at radius 3 is 2.47 bits per heavy atom. The first-order valence-corrected chi connectivity index (χ1v) is 6.54. The molecule has 5 nitrogen and oxygen atoms in total. The third-order valence-electron chi connectivity index (χ3n) is 3.47. The maximum Gasteiger partial charge on any atom is 0.356 e. The molecule has 0 unspecified atom stereocenters. The van der Waals surface area contributed by atoms with Gasteiger partial charge in [0, 0.05) is 38.2 Å². The molecule has 1 fully saturated rings. The number of hydrogen-bond donors (Lipinski definition) is 0. The van der Waals surface area contributed by atoms with Gasteiger partial charge in [-0.25, -0.2) is 4.79 Å². The Balaban J connectivity index is 2.43. The van der Waals surface area contributed by atoms with E-state index in [1.54, 1.807) is 0 Å². The SMILES string of the molecule is CC(C)c1cc(N2CCN(C)CC2)c(C#N)c(=O)o1. The first-order chi connectivity index (χ1) is 9.02. The summed E-state index contributed by atoms with van der Waals surface area (Å²) in [5.74, 6) is 0.768. The highest BCUT2D eigenvalue weighted by molar-refractivity contribution is 5.58. The second kappa shape index (κ2) is 5.45. The van der Waals surface area contributed by atoms with Crippen molar-refractivity contribution in [2.45, 2.75) is 19.8 Å². The summed E-state index contributed by atoms with van der Waals surface area (Å²) in [5, 5.41) is 9.16. The van der Waals surface area contributed by atoms with Crippen LogP contribution in [0.15, 0.2) is 15.3 Å². The van der Waals surface area contributed by atoms with E-state index in [4.69, 9.17) is 9.68 Å². The summed E-state index contributed by atoms with van der Waals surface area (Å²) in [7, 11) is 2.07. The summed E-state index contributed by atoms with van der Waals surface area (Å²) in [4.78, 5) is 16.2. The van der Waals surface area contributed by atoms with Crippen molar-refractivity contribution in [2.75, 3.05) is 38.1 Å². The van der Waals surface area contributed by atoms with Crippen LogP contribution in [-0.4, -0.2) is 38.1 Å². The second-order valence-electron chi connectivity index (χ2n) is 5.25. The summed E-state index contributed by atoms with van der Waals surface area (Å²) < 4.78 is 5.20. The average Bonchev–Trinajstić information content (AvgIpc) is 2.38. The van der Waals surface area contributed by atoms with Gasteiger partial charge < -0.3 is 14.2 Å². The van der Waals surface area contributed by atoms with E-state index in [1.807, 2.05) is 26.0 Å². The molecule has 1 aromatic rings. The molecule has 0 aromatic carbocycles. The Morgan fingerprint density at radius 2 is 1.95 bits per heavy atom. The Hall–Kier alpha value is -1.80. The monoisotopic (exact) mass is 261 g/mol. The maximum atomic E-state index is 11.9. The Kier molecular flexibility index (Phi) is 3.91. The lowest BCUT2D eigenvalue weighted by Crippen LogP contribution is -2.45. The summed E-state index contributed by atoms with van der Waals surface area (Å²) in [6.07, 6.45) is 0. The van der Waals surface area contributed by atoms with Crippen LogP contribution in [0.3, 0.4) is 0 Å². The molecule has 5 heteroatoms. The lowest BCUT2D eigenvalue weighted by atomic mass is 10.1. The van der Waals surface area contributed by atoms with Crippen molar-refractivity contribution in [3.63, 3.8) is 0 Å². The smallest absolute Gasteiger partial charge is 0.356 e. The van der Waals surface area contributed by atoms with Gasteiger partial charge in [-0.05, 0) is 7.05 Å². The van der Waals surface area contributed by atoms with E-state index in [2.05, 4.69) is 16.8 Å². The number of piperazine rings is 1. The minimum atomic E-state index is -0.525. The summed E-state index contributed by atoms with van der Waals surface area (Å²) in [6.45, 7) is 7.46. The van der Waals surface area contributed by atoms with Crippen LogP contribution < -0.4 is 10.5 Å². The van der Waals surface area contributed by atoms with Gasteiger partial charge in [-0.2, -0.15) is 5.26 Å². The van der Waals surface area contributed by atoms with E-state index >= 15 is 0 Å². The quantitative estimate of drug-likeness (QED) is 0.805. The van der Waals surface area contributed by atoms with Gasteiger partial charge in [0.15, 0.2) is 5.56 Å². The molecule has 1 aliphatic rings. The first kappa shape index (κ1) is 13.6. The maximum absolute atomic E-state index is 11.9. The molecule has 0 bridgehead atoms. The molecule has 2 heterocycles. The van der Waals surface area contributed by atoms with Gasteiger partial charge in [0.05, 0.1) is 5.69 Å². The molecule has 1 aliphatic heterocycles. The summed E-state index contributed by atoms with van der Waals surface area (Å²) in [6, 6.07) is 3.82. The van der Waals surface area contributed by atoms with Gasteiger partial charge in [-0.15, -0.1) is 0 Å². The third kappa shape index (κ3) is 2.79. The molecule has 0 aliphatic carbocycles. The van der Waals surface area contributed by atoms with Crippen LogP contribution in [0.4, 0.5) is 5.69 Å². The fourth-order valence-electron chi connectivity index (χ4n) is 2.18. The highest BCUT2D eigenvalue weighted by Gasteiger charge is 2.21. The largest absolute Gasteiger partial charge is 0.427 e. The highest BCUT2D eigenvalue weighted by Crippen LogP contribution is 2.24. The topological polar surface area (TPSA) is 60.5 Å². The van der Waals surface area contributed by atoms with Crippen LogP contribution in [0.25, 0.3) is 0 Å². The van der Waals surface area contributed by atoms with Gasteiger partial charge in [-0.1, -0.05) is 13.8 Å². The van der Waals surface area contributed by atoms with E-state index in [1.165, 1.54) is 0 Å². The first-order valence-electron chi connectivity index (χ1n) is 6.54. The molecule has 2 rings (SSSR count). The van der Waals surface area contributed by atoms with Gasteiger partial charge in [0.25, 0.3) is 0 Å². The molecule has 0 atom stereocenters. The van der Waals surface area contributed by atoms with Gasteiger partial charge in [0.2, 0.25) is 0 Å². The fraction of sp³-hybridized carbons (Fsp3) is 0.571. The van der Waals surface area contributed by atoms with Crippen molar-refractivity contribution < 1.29 is 4.42 Å². The Morgan fingerprint density at radius 1 is 1.32 bits per heavy atom. The zero-order valence-electron chi connectivity index (χ0n) is 11.6. The van der Waals surface area contributed by atoms with Gasteiger partial charge >= 0.3 is 5.63 Å². The van der Waals surface area contributed by atoms with Gasteiger partial charge in [0.1, 0.15) is 11.8 Å². The molecule has 1 saturated heterocycles. The summed E-state index contributed by atoms with van der Waals surface area (Å²) in [5.41, 5.74) is 0.312. The fourth-order valence-corrected chi connectivity index (χ4v) is 2.18. The van der Waals surface area contributed by atoms with Crippen molar-refractivity contribution in [1.82, 2.24) is 4.90 Å². The molecule has 1 aromatic heterocycles. The van der Waals surface area contributed by atoms with Crippen LogP contribution in [0.5, 0.6) is 0 Å². The highest BCUT2D eigenvalue weighted by atomic mass is 16.4. The minimum absolute atomic E-state index is 0.119. The number of hydrogen-bond acceptors (Lipinski definition) is 5. The van der Waals surface area contributed by atoms with E-state index in [9.17, 15) is 4.79 Å². The van der Waals surface area contributed by atoms with E-state index < -0.39 is 5.63 Å². The number of likely N-dealkylation sites (N-methyl/N-ethyl adjacent to an activating group) is 1. The van der Waals surface area contributed by atoms with E-state index in [-0.39, 0.29) is 11.5 Å². The molecular formula is C14H19N3O2. The molecule has 0 amide bonds. The molecule has 0 radical (unpaired) electrons. The molecule has 0 spiro atoms. The molecular weight excluding hydrogens is 242 g/mol. The minimum Gasteiger partial charge on any atom is -0.427 e. The Bertz CT molecular complexity index is 549. The molecule has 19 heavy (non-hydrogen) atoms. The van der Waals surface area contributed by atoms with Crippen molar-refractivity contribution >= 4 is 5.69 Å². The van der Waals surface area contributed by atoms with Crippen LogP contribution in [0, 0.1) is 11.3 Å². The van der Waals surface area contributed by atoms with Crippen LogP contribution in [0.1, 0.15) is 31.1 Å². The van der Waals surface area contributed by atoms with Crippen LogP contribution in [0.2, 0.25) is 0 Å².